The lowest BCUT2D eigenvalue weighted by Crippen LogP contribution is -2.41. The third-order valence-electron chi connectivity index (χ3n) is 5.18. The van der Waals surface area contributed by atoms with Crippen molar-refractivity contribution in [3.63, 3.8) is 0 Å². The van der Waals surface area contributed by atoms with Crippen molar-refractivity contribution >= 4 is 21.7 Å². The first-order chi connectivity index (χ1) is 8.66. The molecule has 2 heterocycles. The van der Waals surface area contributed by atoms with E-state index in [1.807, 2.05) is 12.3 Å². The number of rotatable bonds is 1. The van der Waals surface area contributed by atoms with Gasteiger partial charge in [0.15, 0.2) is 0 Å². The van der Waals surface area contributed by atoms with Gasteiger partial charge in [-0.3, -0.25) is 0 Å². The maximum absolute atomic E-state index is 10.4. The highest BCUT2D eigenvalue weighted by molar-refractivity contribution is 9.10. The number of nitrogens with zero attached hydrogens (tertiary/aromatic N) is 2. The Morgan fingerprint density at radius 1 is 1.39 bits per heavy atom. The Hall–Kier alpha value is -0.610. The molecule has 4 heteroatoms. The van der Waals surface area contributed by atoms with Crippen LogP contribution in [0.25, 0.3) is 0 Å². The summed E-state index contributed by atoms with van der Waals surface area (Å²) in [4.78, 5) is 6.89. The van der Waals surface area contributed by atoms with Crippen LogP contribution in [0.3, 0.4) is 0 Å². The lowest BCUT2D eigenvalue weighted by Gasteiger charge is -2.30. The van der Waals surface area contributed by atoms with Crippen molar-refractivity contribution in [3.05, 3.63) is 22.3 Å². The van der Waals surface area contributed by atoms with Crippen LogP contribution in [0.2, 0.25) is 0 Å². The molecule has 2 saturated carbocycles. The van der Waals surface area contributed by atoms with Gasteiger partial charge >= 0.3 is 0 Å². The summed E-state index contributed by atoms with van der Waals surface area (Å²) < 4.78 is 1.09. The first kappa shape index (κ1) is 11.2. The highest BCUT2D eigenvalue weighted by Gasteiger charge is 2.59. The average molecular weight is 309 g/mol. The van der Waals surface area contributed by atoms with E-state index in [4.69, 9.17) is 0 Å². The monoisotopic (exact) mass is 308 g/mol. The number of aryl methyl sites for hydroxylation is 1. The number of halogens is 1. The van der Waals surface area contributed by atoms with E-state index in [-0.39, 0.29) is 6.10 Å². The van der Waals surface area contributed by atoms with E-state index in [0.29, 0.717) is 17.9 Å². The van der Waals surface area contributed by atoms with E-state index in [9.17, 15) is 5.11 Å². The quantitative estimate of drug-likeness (QED) is 0.865. The number of aliphatic hydroxyl groups excluding tert-OH is 1. The molecule has 3 fully saturated rings. The molecule has 1 aromatic rings. The largest absolute Gasteiger partial charge is 0.391 e. The van der Waals surface area contributed by atoms with Gasteiger partial charge in [0.2, 0.25) is 0 Å². The summed E-state index contributed by atoms with van der Waals surface area (Å²) in [5.41, 5.74) is 1.21. The van der Waals surface area contributed by atoms with Crippen molar-refractivity contribution in [2.45, 2.75) is 31.9 Å². The first-order valence-corrected chi connectivity index (χ1v) is 7.52. The number of pyridine rings is 1. The first-order valence-electron chi connectivity index (χ1n) is 6.72. The van der Waals surface area contributed by atoms with Crippen molar-refractivity contribution in [1.82, 2.24) is 4.98 Å². The highest BCUT2D eigenvalue weighted by Crippen LogP contribution is 2.56. The number of hydrogen-bond donors (Lipinski definition) is 1. The molecule has 5 atom stereocenters. The molecule has 1 N–H and O–H groups in total. The Morgan fingerprint density at radius 3 is 3.00 bits per heavy atom. The summed E-state index contributed by atoms with van der Waals surface area (Å²) in [6.45, 7) is 3.16. The van der Waals surface area contributed by atoms with Crippen molar-refractivity contribution < 1.29 is 5.11 Å². The van der Waals surface area contributed by atoms with E-state index < -0.39 is 0 Å². The molecule has 1 aromatic heterocycles. The van der Waals surface area contributed by atoms with Crippen LogP contribution < -0.4 is 4.90 Å². The Labute approximate surface area is 115 Å². The number of hydrogen-bond acceptors (Lipinski definition) is 3. The van der Waals surface area contributed by atoms with Crippen LogP contribution in [0.4, 0.5) is 5.82 Å². The van der Waals surface area contributed by atoms with Gasteiger partial charge in [-0.25, -0.2) is 4.98 Å². The summed E-state index contributed by atoms with van der Waals surface area (Å²) >= 11 is 3.65. The predicted molar refractivity (Wildman–Crippen MR) is 73.5 cm³/mol. The molecule has 18 heavy (non-hydrogen) atoms. The molecule has 1 aliphatic heterocycles. The van der Waals surface area contributed by atoms with Crippen LogP contribution >= 0.6 is 15.9 Å². The molecule has 3 nitrogen and oxygen atoms in total. The summed E-state index contributed by atoms with van der Waals surface area (Å²) in [5, 5.41) is 10.4. The predicted octanol–water partition coefficient (Wildman–Crippen LogP) is 2.36. The Kier molecular flexibility index (Phi) is 2.31. The Bertz CT molecular complexity index is 505. The maximum atomic E-state index is 10.4. The molecular weight excluding hydrogens is 292 g/mol. The molecule has 1 saturated heterocycles. The Morgan fingerprint density at radius 2 is 2.22 bits per heavy atom. The minimum Gasteiger partial charge on any atom is -0.391 e. The van der Waals surface area contributed by atoms with Crippen LogP contribution in [0.5, 0.6) is 0 Å². The summed E-state index contributed by atoms with van der Waals surface area (Å²) in [7, 11) is 0. The summed E-state index contributed by atoms with van der Waals surface area (Å²) in [6.07, 6.45) is 4.15. The molecule has 2 bridgehead atoms. The van der Waals surface area contributed by atoms with E-state index in [1.54, 1.807) is 0 Å². The fourth-order valence-corrected chi connectivity index (χ4v) is 4.85. The molecule has 5 unspecified atom stereocenters. The zero-order chi connectivity index (χ0) is 12.4. The van der Waals surface area contributed by atoms with Crippen LogP contribution in [0.15, 0.2) is 16.7 Å². The summed E-state index contributed by atoms with van der Waals surface area (Å²) in [6, 6.07) is 2.32. The Balaban J connectivity index is 1.76. The van der Waals surface area contributed by atoms with Crippen LogP contribution in [-0.4, -0.2) is 28.8 Å². The average Bonchev–Trinajstić information content (AvgIpc) is 2.94. The lowest BCUT2D eigenvalue weighted by atomic mass is 9.88. The van der Waals surface area contributed by atoms with Gasteiger partial charge in [-0.2, -0.15) is 0 Å². The normalized spacial score (nSPS) is 40.8. The van der Waals surface area contributed by atoms with Gasteiger partial charge in [-0.05, 0) is 65.1 Å². The van der Waals surface area contributed by atoms with E-state index in [1.165, 1.54) is 18.4 Å². The standard InChI is InChI=1S/C14H17BrN2O/c1-7-2-3-16-14(11(7)15)17-6-9-4-8-5-10(9)12(17)13(8)18/h2-3,8-10,12-13,18H,4-6H2,1H3. The van der Waals surface area contributed by atoms with Crippen LogP contribution in [0, 0.1) is 24.7 Å². The number of aromatic nitrogens is 1. The fourth-order valence-electron chi connectivity index (χ4n) is 4.38. The van der Waals surface area contributed by atoms with Gasteiger partial charge in [-0.1, -0.05) is 0 Å². The van der Waals surface area contributed by atoms with Gasteiger partial charge in [-0.15, -0.1) is 0 Å². The van der Waals surface area contributed by atoms with Crippen LogP contribution in [-0.2, 0) is 0 Å². The third kappa shape index (κ3) is 1.31. The summed E-state index contributed by atoms with van der Waals surface area (Å²) in [5.74, 6) is 3.03. The molecule has 2 aliphatic carbocycles. The van der Waals surface area contributed by atoms with Gasteiger partial charge in [0.05, 0.1) is 16.6 Å². The van der Waals surface area contributed by atoms with Crippen LogP contribution in [0.1, 0.15) is 18.4 Å². The zero-order valence-corrected chi connectivity index (χ0v) is 12.0. The molecular formula is C14H17BrN2O. The molecule has 0 radical (unpaired) electrons. The minimum atomic E-state index is -0.150. The zero-order valence-electron chi connectivity index (χ0n) is 10.4. The number of anilines is 1. The molecule has 96 valence electrons. The molecule has 4 rings (SSSR count). The van der Waals surface area contributed by atoms with Gasteiger partial charge in [0, 0.05) is 12.7 Å². The van der Waals surface area contributed by atoms with Gasteiger partial charge in [0.1, 0.15) is 5.82 Å². The highest BCUT2D eigenvalue weighted by atomic mass is 79.9. The molecule has 3 aliphatic rings. The van der Waals surface area contributed by atoms with E-state index in [0.717, 1.165) is 22.8 Å². The van der Waals surface area contributed by atoms with Crippen molar-refractivity contribution in [2.24, 2.45) is 17.8 Å². The SMILES string of the molecule is Cc1ccnc(N2CC3CC4CC3C2C4O)c1Br. The topological polar surface area (TPSA) is 36.4 Å². The van der Waals surface area contributed by atoms with Gasteiger partial charge < -0.3 is 10.0 Å². The second-order valence-electron chi connectivity index (χ2n) is 6.05. The number of aliphatic hydroxyl groups is 1. The molecule has 0 aromatic carbocycles. The van der Waals surface area contributed by atoms with E-state index >= 15 is 0 Å². The van der Waals surface area contributed by atoms with Crippen molar-refractivity contribution in [3.8, 4) is 0 Å². The van der Waals surface area contributed by atoms with Crippen molar-refractivity contribution in [1.29, 1.82) is 0 Å². The molecule has 0 spiro atoms. The smallest absolute Gasteiger partial charge is 0.143 e. The second kappa shape index (κ2) is 3.70. The second-order valence-corrected chi connectivity index (χ2v) is 6.85. The molecule has 0 amide bonds. The minimum absolute atomic E-state index is 0.150. The lowest BCUT2D eigenvalue weighted by molar-refractivity contribution is 0.0965. The third-order valence-corrected chi connectivity index (χ3v) is 6.16. The maximum Gasteiger partial charge on any atom is 0.143 e. The fraction of sp³-hybridized carbons (Fsp3) is 0.643. The van der Waals surface area contributed by atoms with Gasteiger partial charge in [0.25, 0.3) is 0 Å². The number of fused-ring (bicyclic) bond motifs is 1. The van der Waals surface area contributed by atoms with E-state index in [2.05, 4.69) is 32.7 Å². The van der Waals surface area contributed by atoms with Crippen molar-refractivity contribution in [2.75, 3.05) is 11.4 Å².